The van der Waals surface area contributed by atoms with E-state index in [1.807, 2.05) is 65.2 Å². The first-order valence-electron chi connectivity index (χ1n) is 26.9. The van der Waals surface area contributed by atoms with E-state index in [0.29, 0.717) is 12.6 Å². The lowest BCUT2D eigenvalue weighted by atomic mass is 9.81. The summed E-state index contributed by atoms with van der Waals surface area (Å²) >= 11 is 1.61. The van der Waals surface area contributed by atoms with Crippen molar-refractivity contribution in [2.45, 2.75) is 148 Å². The molecule has 14 nitrogen and oxygen atoms in total. The number of likely N-dealkylation sites (N-methyl/N-ethyl adjacent to an activating group) is 1. The summed E-state index contributed by atoms with van der Waals surface area (Å²) in [7, 11) is 3.78. The van der Waals surface area contributed by atoms with Crippen LogP contribution < -0.4 is 21.5 Å². The molecule has 3 fully saturated rings. The van der Waals surface area contributed by atoms with E-state index in [4.69, 9.17) is 0 Å². The number of nitrogens with zero attached hydrogens (tertiary/aromatic N) is 4. The Hall–Kier alpha value is -5.71. The number of aromatic amines is 1. The Labute approximate surface area is 442 Å². The SMILES string of the molecule is CCCNNC(=O)/C=C/c1ccc(CN(CCc2c[nH]c3ccccc23)C2CCCC([C@H](NC(=O)[C@@H]3C[C@@H](O)CN3C(=O)[C@@H](NC(=O)C3(N(C)C)CC3)C(C)(C)C)c3ccc(-c4scnc4C)cc3)CCC2)cc1. The van der Waals surface area contributed by atoms with Gasteiger partial charge in [-0.2, -0.15) is 0 Å². The van der Waals surface area contributed by atoms with Crippen LogP contribution in [0, 0.1) is 18.3 Å². The third-order valence-electron chi connectivity index (χ3n) is 15.8. The number of likely N-dealkylation sites (tertiary alicyclic amines) is 1. The van der Waals surface area contributed by atoms with Gasteiger partial charge in [0.25, 0.3) is 5.91 Å². The number of carbonyl (C=O) groups is 4. The van der Waals surface area contributed by atoms with E-state index in [1.165, 1.54) is 21.4 Å². The Bertz CT molecular complexity index is 2710. The lowest BCUT2D eigenvalue weighted by Gasteiger charge is -2.38. The largest absolute Gasteiger partial charge is 0.391 e. The van der Waals surface area contributed by atoms with Crippen molar-refractivity contribution in [2.24, 2.45) is 11.3 Å². The highest BCUT2D eigenvalue weighted by molar-refractivity contribution is 7.13. The highest BCUT2D eigenvalue weighted by atomic mass is 32.1. The summed E-state index contributed by atoms with van der Waals surface area (Å²) in [6.45, 7) is 12.3. The number of nitrogens with one attached hydrogen (secondary N) is 5. The van der Waals surface area contributed by atoms with Crippen molar-refractivity contribution in [3.05, 3.63) is 119 Å². The normalized spacial score (nSPS) is 20.9. The van der Waals surface area contributed by atoms with E-state index in [0.717, 1.165) is 110 Å². The Kier molecular flexibility index (Phi) is 17.9. The molecule has 3 heterocycles. The van der Waals surface area contributed by atoms with Crippen molar-refractivity contribution >= 4 is 51.9 Å². The zero-order chi connectivity index (χ0) is 52.6. The van der Waals surface area contributed by atoms with Crippen molar-refractivity contribution in [1.82, 2.24) is 46.2 Å². The molecular formula is C59H79N9O5S. The maximum Gasteiger partial charge on any atom is 0.258 e. The van der Waals surface area contributed by atoms with Gasteiger partial charge in [-0.25, -0.2) is 10.4 Å². The van der Waals surface area contributed by atoms with Gasteiger partial charge < -0.3 is 25.6 Å². The van der Waals surface area contributed by atoms with Gasteiger partial charge in [0, 0.05) is 61.8 Å². The number of H-pyrrole nitrogens is 1. The van der Waals surface area contributed by atoms with Crippen LogP contribution in [0.4, 0.5) is 0 Å². The summed E-state index contributed by atoms with van der Waals surface area (Å²) in [5, 5.41) is 19.0. The number of aliphatic hydroxyl groups is 1. The molecule has 2 aliphatic carbocycles. The molecule has 15 heteroatoms. The second kappa shape index (κ2) is 24.3. The van der Waals surface area contributed by atoms with Crippen molar-refractivity contribution in [1.29, 1.82) is 0 Å². The lowest BCUT2D eigenvalue weighted by Crippen LogP contribution is -2.60. The first-order chi connectivity index (χ1) is 35.5. The summed E-state index contributed by atoms with van der Waals surface area (Å²) in [5.41, 5.74) is 13.9. The number of benzene rings is 3. The molecule has 74 heavy (non-hydrogen) atoms. The van der Waals surface area contributed by atoms with Gasteiger partial charge in [-0.1, -0.05) is 107 Å². The van der Waals surface area contributed by atoms with E-state index in [-0.39, 0.29) is 48.6 Å². The van der Waals surface area contributed by atoms with Gasteiger partial charge in [0.15, 0.2) is 0 Å². The van der Waals surface area contributed by atoms with Crippen LogP contribution in [0.5, 0.6) is 0 Å². The predicted molar refractivity (Wildman–Crippen MR) is 296 cm³/mol. The number of hydrogen-bond donors (Lipinski definition) is 6. The van der Waals surface area contributed by atoms with E-state index in [2.05, 4.69) is 115 Å². The molecule has 4 amide bonds. The van der Waals surface area contributed by atoms with Crippen LogP contribution in [0.15, 0.2) is 90.6 Å². The molecule has 0 spiro atoms. The molecule has 3 aliphatic rings. The molecule has 0 unspecified atom stereocenters. The van der Waals surface area contributed by atoms with Crippen LogP contribution in [-0.4, -0.2) is 117 Å². The van der Waals surface area contributed by atoms with Gasteiger partial charge in [0.2, 0.25) is 17.7 Å². The lowest BCUT2D eigenvalue weighted by molar-refractivity contribution is -0.145. The highest BCUT2D eigenvalue weighted by Crippen LogP contribution is 2.41. The van der Waals surface area contributed by atoms with E-state index >= 15 is 0 Å². The zero-order valence-corrected chi connectivity index (χ0v) is 45.4. The Balaban J connectivity index is 1.00. The number of hydrazine groups is 1. The maximum atomic E-state index is 14.9. The minimum Gasteiger partial charge on any atom is -0.391 e. The number of fused-ring (bicyclic) bond motifs is 1. The fourth-order valence-corrected chi connectivity index (χ4v) is 12.0. The second-order valence-corrected chi connectivity index (χ2v) is 23.2. The zero-order valence-electron chi connectivity index (χ0n) is 44.6. The number of aliphatic hydroxyl groups excluding tert-OH is 1. The molecule has 5 aromatic rings. The summed E-state index contributed by atoms with van der Waals surface area (Å²) < 4.78 is 0. The van der Waals surface area contributed by atoms with Crippen LogP contribution in [0.25, 0.3) is 27.4 Å². The van der Waals surface area contributed by atoms with Crippen molar-refractivity contribution < 1.29 is 24.3 Å². The number of β-amino-alcohol motifs (C(OH)–C–C–N with tert-alkyl or cyclic N) is 1. The second-order valence-electron chi connectivity index (χ2n) is 22.3. The number of aryl methyl sites for hydroxylation is 1. The van der Waals surface area contributed by atoms with Gasteiger partial charge in [-0.15, -0.1) is 11.3 Å². The summed E-state index contributed by atoms with van der Waals surface area (Å²) in [5.74, 6) is -0.877. The fourth-order valence-electron chi connectivity index (χ4n) is 11.2. The summed E-state index contributed by atoms with van der Waals surface area (Å²) in [6, 6.07) is 23.7. The van der Waals surface area contributed by atoms with Crippen molar-refractivity contribution in [2.75, 3.05) is 33.7 Å². The monoisotopic (exact) mass is 1030 g/mol. The van der Waals surface area contributed by atoms with Gasteiger partial charge in [0.05, 0.1) is 33.8 Å². The Morgan fingerprint density at radius 1 is 0.959 bits per heavy atom. The standard InChI is InChI=1S/C59H79N9O5S/c1-8-32-62-65-51(70)28-23-40-19-21-41(22-20-40)36-67(33-29-45-35-60-49-18-10-9-17-48(45)49)46-15-11-13-42(14-12-16-46)52(43-24-26-44(27-25-43)53-39(2)61-38-74-53)63-55(71)50-34-47(69)37-68(50)56(72)54(58(3,4)5)64-57(73)59(30-31-59)66(6)7/h9-10,17-28,35,38,42,46-47,50,52,54,60,62,69H,8,11-16,29-34,36-37H2,1-7H3,(H,63,71)(H,64,73)(H,65,70)/b28-23+/t42?,46?,47-,50+,52+,54-/m1/s1. The van der Waals surface area contributed by atoms with Gasteiger partial charge in [0.1, 0.15) is 12.1 Å². The predicted octanol–water partition coefficient (Wildman–Crippen LogP) is 8.47. The number of thiazole rings is 1. The van der Waals surface area contributed by atoms with E-state index < -0.39 is 29.1 Å². The Morgan fingerprint density at radius 2 is 1.68 bits per heavy atom. The third kappa shape index (κ3) is 13.2. The number of hydrogen-bond acceptors (Lipinski definition) is 10. The summed E-state index contributed by atoms with van der Waals surface area (Å²) in [6.07, 6.45) is 13.8. The van der Waals surface area contributed by atoms with Crippen LogP contribution in [0.2, 0.25) is 0 Å². The number of rotatable bonds is 20. The number of carbonyl (C=O) groups excluding carboxylic acids is 4. The van der Waals surface area contributed by atoms with Gasteiger partial charge >= 0.3 is 0 Å². The first kappa shape index (κ1) is 54.5. The van der Waals surface area contributed by atoms with Crippen molar-refractivity contribution in [3.8, 4) is 10.4 Å². The van der Waals surface area contributed by atoms with Gasteiger partial charge in [-0.05, 0) is 124 Å². The number of amides is 4. The molecule has 0 bridgehead atoms. The van der Waals surface area contributed by atoms with Crippen LogP contribution in [0.1, 0.15) is 126 Å². The summed E-state index contributed by atoms with van der Waals surface area (Å²) in [4.78, 5) is 70.8. The molecule has 1 saturated heterocycles. The average Bonchev–Trinajstić information content (AvgIpc) is 3.69. The highest BCUT2D eigenvalue weighted by Gasteiger charge is 2.54. The van der Waals surface area contributed by atoms with Crippen LogP contribution in [0.3, 0.4) is 0 Å². The molecule has 4 atom stereocenters. The fraction of sp³-hybridized carbons (Fsp3) is 0.508. The van der Waals surface area contributed by atoms with Gasteiger partial charge in [-0.3, -0.25) is 34.4 Å². The number of para-hydroxylation sites is 1. The first-order valence-corrected chi connectivity index (χ1v) is 27.8. The Morgan fingerprint density at radius 3 is 2.32 bits per heavy atom. The quantitative estimate of drug-likeness (QED) is 0.0254. The number of aromatic nitrogens is 2. The smallest absolute Gasteiger partial charge is 0.258 e. The molecular weight excluding hydrogens is 947 g/mol. The minimum atomic E-state index is -0.898. The molecule has 396 valence electrons. The van der Waals surface area contributed by atoms with E-state index in [9.17, 15) is 24.3 Å². The third-order valence-corrected chi connectivity index (χ3v) is 16.7. The molecule has 1 aliphatic heterocycles. The molecule has 2 aromatic heterocycles. The molecule has 2 saturated carbocycles. The van der Waals surface area contributed by atoms with Crippen LogP contribution >= 0.6 is 11.3 Å². The van der Waals surface area contributed by atoms with E-state index in [1.54, 1.807) is 17.4 Å². The molecule has 6 N–H and O–H groups in total. The van der Waals surface area contributed by atoms with Crippen molar-refractivity contribution in [3.63, 3.8) is 0 Å². The topological polar surface area (TPSA) is 175 Å². The molecule has 0 radical (unpaired) electrons. The van der Waals surface area contributed by atoms with Crippen LogP contribution in [-0.2, 0) is 32.1 Å². The maximum absolute atomic E-state index is 14.9. The average molecular weight is 1030 g/mol. The minimum absolute atomic E-state index is 0.0183. The molecule has 8 rings (SSSR count). The molecule has 3 aromatic carbocycles.